The molecule has 5 aliphatic carbocycles. The van der Waals surface area contributed by atoms with E-state index in [1.165, 1.54) is 98.2 Å². The summed E-state index contributed by atoms with van der Waals surface area (Å²) in [6.07, 6.45) is 12.6. The Labute approximate surface area is 421 Å². The number of benzene rings is 3. The van der Waals surface area contributed by atoms with E-state index in [1.54, 1.807) is 44.3 Å². The molecule has 0 saturated heterocycles. The van der Waals surface area contributed by atoms with Crippen molar-refractivity contribution in [3.63, 3.8) is 0 Å². The summed E-state index contributed by atoms with van der Waals surface area (Å²) in [5, 5.41) is 0. The zero-order chi connectivity index (χ0) is 49.8. The lowest BCUT2D eigenvalue weighted by atomic mass is 9.23. The van der Waals surface area contributed by atoms with Gasteiger partial charge in [0.1, 0.15) is 5.82 Å². The van der Waals surface area contributed by atoms with Crippen LogP contribution in [0.2, 0.25) is 5.82 Å². The van der Waals surface area contributed by atoms with E-state index in [0.29, 0.717) is 40.3 Å². The fourth-order valence-electron chi connectivity index (χ4n) is 16.7. The minimum Gasteiger partial charge on any atom is -0.296 e. The van der Waals surface area contributed by atoms with Crippen LogP contribution in [0.1, 0.15) is 252 Å². The average molecular weight is 923 g/mol. The second kappa shape index (κ2) is 14.7. The first-order valence-electron chi connectivity index (χ1n) is 28.1. The highest BCUT2D eigenvalue weighted by atomic mass is 15.2. The largest absolute Gasteiger partial charge is 0.296 e. The van der Waals surface area contributed by atoms with E-state index in [2.05, 4.69) is 191 Å². The first-order valence-corrected chi connectivity index (χ1v) is 28.1. The molecule has 3 heteroatoms. The van der Waals surface area contributed by atoms with Crippen LogP contribution in [-0.4, -0.2) is 11.7 Å². The van der Waals surface area contributed by atoms with Crippen molar-refractivity contribution in [2.45, 2.75) is 245 Å². The van der Waals surface area contributed by atoms with Gasteiger partial charge in [-0.3, -0.25) is 4.90 Å². The molecular formula is C66H91BN2. The number of hydrogen-bond donors (Lipinski definition) is 0. The molecular weight excluding hydrogens is 832 g/mol. The highest BCUT2D eigenvalue weighted by Gasteiger charge is 2.60. The number of anilines is 3. The van der Waals surface area contributed by atoms with E-state index in [9.17, 15) is 0 Å². The van der Waals surface area contributed by atoms with E-state index in [4.69, 9.17) is 4.98 Å². The number of pyridine rings is 1. The van der Waals surface area contributed by atoms with Gasteiger partial charge in [0.05, 0.1) is 0 Å². The lowest BCUT2D eigenvalue weighted by Crippen LogP contribution is -2.63. The van der Waals surface area contributed by atoms with Gasteiger partial charge in [0, 0.05) is 28.4 Å². The predicted molar refractivity (Wildman–Crippen MR) is 297 cm³/mol. The molecule has 2 saturated carbocycles. The van der Waals surface area contributed by atoms with Gasteiger partial charge >= 0.3 is 0 Å². The van der Waals surface area contributed by atoms with E-state index < -0.39 is 0 Å². The molecule has 5 atom stereocenters. The van der Waals surface area contributed by atoms with Crippen LogP contribution in [0.15, 0.2) is 54.6 Å². The van der Waals surface area contributed by atoms with Crippen LogP contribution >= 0.6 is 0 Å². The predicted octanol–water partition coefficient (Wildman–Crippen LogP) is 16.8. The van der Waals surface area contributed by atoms with Gasteiger partial charge in [0.25, 0.3) is 0 Å². The topological polar surface area (TPSA) is 16.1 Å². The molecule has 0 N–H and O–H groups in total. The summed E-state index contributed by atoms with van der Waals surface area (Å²) >= 11 is 0. The van der Waals surface area contributed by atoms with Gasteiger partial charge in [-0.15, -0.1) is 0 Å². The van der Waals surface area contributed by atoms with Crippen molar-refractivity contribution in [2.24, 2.45) is 28.6 Å². The third-order valence-corrected chi connectivity index (χ3v) is 22.0. The van der Waals surface area contributed by atoms with Gasteiger partial charge in [-0.25, -0.2) is 4.98 Å². The number of nitrogens with zero attached hydrogens (tertiary/aromatic N) is 2. The molecule has 3 aromatic carbocycles. The van der Waals surface area contributed by atoms with Crippen molar-refractivity contribution < 1.29 is 0 Å². The Balaban J connectivity index is 1.26. The molecule has 0 amide bonds. The molecule has 0 spiro atoms. The van der Waals surface area contributed by atoms with Crippen molar-refractivity contribution >= 4 is 34.8 Å². The normalized spacial score (nSPS) is 29.8. The van der Waals surface area contributed by atoms with Gasteiger partial charge in [-0.2, -0.15) is 0 Å². The Morgan fingerprint density at radius 1 is 0.507 bits per heavy atom. The average Bonchev–Trinajstić information content (AvgIpc) is 3.26. The standard InChI is InChI=1S/C66H91BN2/c1-58(2,3)54-35-42-55(39-20-22-43-45(32-39)61(8,9)26-24-59(43,4)5)41-34-47-48(64(14,15)29-28-63(47,12)13)36-51(41)67-52-37-49-50(66(18,19)31-30-65(49,16)17)38-53(52)69(57(68-54)56(42)67)40-21-23-44-46(33-40)62(10,11)27-25-60(44,6)7/h20-23,32-33,35,37-38,41,47-48,51,55H,24-31,34,36H2,1-19H3. The van der Waals surface area contributed by atoms with Crippen LogP contribution in [0.5, 0.6) is 0 Å². The summed E-state index contributed by atoms with van der Waals surface area (Å²) in [4.78, 5) is 8.87. The summed E-state index contributed by atoms with van der Waals surface area (Å²) in [5.74, 6) is 3.97. The third-order valence-electron chi connectivity index (χ3n) is 22.0. The van der Waals surface area contributed by atoms with Gasteiger partial charge in [0.2, 0.25) is 6.71 Å². The smallest absolute Gasteiger partial charge is 0.220 e. The molecule has 7 aliphatic rings. The minimum absolute atomic E-state index is 0.0876. The van der Waals surface area contributed by atoms with E-state index >= 15 is 0 Å². The Kier molecular flexibility index (Phi) is 10.2. The first kappa shape index (κ1) is 48.0. The van der Waals surface area contributed by atoms with Crippen LogP contribution in [0, 0.1) is 28.6 Å². The van der Waals surface area contributed by atoms with Crippen LogP contribution < -0.4 is 15.8 Å². The highest BCUT2D eigenvalue weighted by Crippen LogP contribution is 2.66. The summed E-state index contributed by atoms with van der Waals surface area (Å²) in [7, 11) is 0. The fourth-order valence-corrected chi connectivity index (χ4v) is 16.7. The maximum atomic E-state index is 6.13. The van der Waals surface area contributed by atoms with Crippen LogP contribution in [0.3, 0.4) is 0 Å². The summed E-state index contributed by atoms with van der Waals surface area (Å²) < 4.78 is 0. The van der Waals surface area contributed by atoms with Crippen molar-refractivity contribution in [1.29, 1.82) is 0 Å². The molecule has 2 aliphatic heterocycles. The quantitative estimate of drug-likeness (QED) is 0.186. The van der Waals surface area contributed by atoms with E-state index in [1.807, 2.05) is 0 Å². The molecule has 0 radical (unpaired) electrons. The highest BCUT2D eigenvalue weighted by molar-refractivity contribution is 6.90. The minimum atomic E-state index is -0.132. The maximum absolute atomic E-state index is 6.13. The van der Waals surface area contributed by atoms with Crippen molar-refractivity contribution in [1.82, 2.24) is 4.98 Å². The monoisotopic (exact) mass is 923 g/mol. The van der Waals surface area contributed by atoms with E-state index in [0.717, 1.165) is 0 Å². The Hall–Kier alpha value is -3.33. The lowest BCUT2D eigenvalue weighted by Gasteiger charge is -2.61. The Morgan fingerprint density at radius 2 is 0.971 bits per heavy atom. The molecule has 3 heterocycles. The van der Waals surface area contributed by atoms with Crippen LogP contribution in [-0.2, 0) is 37.9 Å². The summed E-state index contributed by atoms with van der Waals surface area (Å²) in [5.41, 5.74) is 20.9. The van der Waals surface area contributed by atoms with Crippen LogP contribution in [0.4, 0.5) is 17.2 Å². The van der Waals surface area contributed by atoms with Gasteiger partial charge in [-0.1, -0.05) is 168 Å². The number of fused-ring (bicyclic) bond motifs is 8. The first-order chi connectivity index (χ1) is 31.8. The fraction of sp³-hybridized carbons (Fsp3) is 0.652. The van der Waals surface area contributed by atoms with E-state index in [-0.39, 0.29) is 44.6 Å². The Bertz CT molecular complexity index is 2780. The molecule has 2 nitrogen and oxygen atoms in total. The molecule has 368 valence electrons. The second-order valence-corrected chi connectivity index (χ2v) is 31.2. The zero-order valence-electron chi connectivity index (χ0n) is 47.1. The number of rotatable bonds is 2. The summed E-state index contributed by atoms with van der Waals surface area (Å²) in [6.45, 7) is 48.3. The molecule has 4 aromatic rings. The molecule has 1 aromatic heterocycles. The number of aromatic nitrogens is 1. The van der Waals surface area contributed by atoms with Crippen molar-refractivity contribution in [3.05, 3.63) is 105 Å². The van der Waals surface area contributed by atoms with Crippen molar-refractivity contribution in [3.8, 4) is 0 Å². The van der Waals surface area contributed by atoms with Crippen molar-refractivity contribution in [2.75, 3.05) is 4.90 Å². The SMILES string of the molecule is CC(C)(C)c1cc2c3c(n1)N(c1ccc4c(c1)C(C)(C)CCC4(C)C)c1cc4c(cc1B3C1CC3C(CC1C2c1ccc2c(c1)C(C)(C)CCC2(C)C)C(C)(C)CCC3(C)C)C(C)(C)CCC4(C)C. The van der Waals surface area contributed by atoms with Crippen LogP contribution in [0.25, 0.3) is 0 Å². The lowest BCUT2D eigenvalue weighted by molar-refractivity contribution is -0.0609. The molecule has 5 unspecified atom stereocenters. The van der Waals surface area contributed by atoms with Gasteiger partial charge in [-0.05, 0) is 204 Å². The molecule has 2 fully saturated rings. The van der Waals surface area contributed by atoms with Gasteiger partial charge in [0.15, 0.2) is 0 Å². The maximum Gasteiger partial charge on any atom is 0.220 e. The molecule has 0 bridgehead atoms. The molecule has 11 rings (SSSR count). The third kappa shape index (κ3) is 7.14. The summed E-state index contributed by atoms with van der Waals surface area (Å²) in [6, 6.07) is 23.9. The van der Waals surface area contributed by atoms with Gasteiger partial charge < -0.3 is 0 Å². The number of hydrogen-bond acceptors (Lipinski definition) is 2. The second-order valence-electron chi connectivity index (χ2n) is 31.2. The zero-order valence-corrected chi connectivity index (χ0v) is 47.1. The Morgan fingerprint density at radius 3 is 1.51 bits per heavy atom. The molecule has 69 heavy (non-hydrogen) atoms.